The largest absolute Gasteiger partial charge is 0.377 e. The molecule has 2 fully saturated rings. The number of hydrogen-bond donors (Lipinski definition) is 1. The van der Waals surface area contributed by atoms with E-state index in [1.54, 1.807) is 0 Å². The SMILES string of the molecule is CCCNC1CCN(CCOC2CCCCC2)C1. The molecule has 3 heteroatoms. The Bertz CT molecular complexity index is 217. The maximum Gasteiger partial charge on any atom is 0.0597 e. The minimum atomic E-state index is 0.565. The van der Waals surface area contributed by atoms with E-state index in [0.29, 0.717) is 6.10 Å². The first-order chi connectivity index (χ1) is 8.88. The summed E-state index contributed by atoms with van der Waals surface area (Å²) in [6, 6.07) is 0.722. The Balaban J connectivity index is 1.52. The summed E-state index contributed by atoms with van der Waals surface area (Å²) in [5.74, 6) is 0. The highest BCUT2D eigenvalue weighted by Crippen LogP contribution is 2.20. The molecule has 2 rings (SSSR count). The third-order valence-electron chi connectivity index (χ3n) is 4.27. The summed E-state index contributed by atoms with van der Waals surface area (Å²) in [7, 11) is 0. The van der Waals surface area contributed by atoms with Crippen molar-refractivity contribution in [1.29, 1.82) is 0 Å². The van der Waals surface area contributed by atoms with E-state index >= 15 is 0 Å². The average molecular weight is 254 g/mol. The molecule has 0 radical (unpaired) electrons. The molecule has 1 saturated carbocycles. The van der Waals surface area contributed by atoms with E-state index in [0.717, 1.165) is 25.7 Å². The van der Waals surface area contributed by atoms with Crippen molar-refractivity contribution in [1.82, 2.24) is 10.2 Å². The van der Waals surface area contributed by atoms with Crippen LogP contribution in [-0.4, -0.2) is 49.8 Å². The van der Waals surface area contributed by atoms with Gasteiger partial charge in [0.1, 0.15) is 0 Å². The number of rotatable bonds is 7. The molecule has 0 aromatic heterocycles. The second kappa shape index (κ2) is 8.13. The topological polar surface area (TPSA) is 24.5 Å². The van der Waals surface area contributed by atoms with Crippen LogP contribution in [0.3, 0.4) is 0 Å². The number of likely N-dealkylation sites (tertiary alicyclic amines) is 1. The van der Waals surface area contributed by atoms with Crippen molar-refractivity contribution < 1.29 is 4.74 Å². The van der Waals surface area contributed by atoms with E-state index in [9.17, 15) is 0 Å². The number of nitrogens with zero attached hydrogens (tertiary/aromatic N) is 1. The molecular formula is C15H30N2O. The normalized spacial score (nSPS) is 26.8. The third kappa shape index (κ3) is 4.87. The van der Waals surface area contributed by atoms with E-state index in [4.69, 9.17) is 4.74 Å². The molecule has 1 heterocycles. The van der Waals surface area contributed by atoms with Gasteiger partial charge in [-0.1, -0.05) is 26.2 Å². The first-order valence-electron chi connectivity index (χ1n) is 7.96. The highest BCUT2D eigenvalue weighted by Gasteiger charge is 2.21. The van der Waals surface area contributed by atoms with Crippen LogP contribution in [0.2, 0.25) is 0 Å². The van der Waals surface area contributed by atoms with Crippen molar-refractivity contribution in [2.24, 2.45) is 0 Å². The number of nitrogens with one attached hydrogen (secondary N) is 1. The van der Waals surface area contributed by atoms with Crippen LogP contribution in [0.1, 0.15) is 51.9 Å². The molecule has 1 aliphatic heterocycles. The lowest BCUT2D eigenvalue weighted by molar-refractivity contribution is 0.0186. The Labute approximate surface area is 112 Å². The Hall–Kier alpha value is -0.120. The average Bonchev–Trinajstić information content (AvgIpc) is 2.85. The summed E-state index contributed by atoms with van der Waals surface area (Å²) in [4.78, 5) is 2.55. The van der Waals surface area contributed by atoms with Gasteiger partial charge in [0.15, 0.2) is 0 Å². The van der Waals surface area contributed by atoms with Crippen LogP contribution in [-0.2, 0) is 4.74 Å². The van der Waals surface area contributed by atoms with Gasteiger partial charge in [0, 0.05) is 19.1 Å². The van der Waals surface area contributed by atoms with Crippen LogP contribution >= 0.6 is 0 Å². The van der Waals surface area contributed by atoms with Gasteiger partial charge in [0.05, 0.1) is 12.7 Å². The summed E-state index contributed by atoms with van der Waals surface area (Å²) in [6.45, 7) is 7.92. The standard InChI is InChI=1S/C15H30N2O/c1-2-9-16-14-8-10-17(13-14)11-12-18-15-6-4-3-5-7-15/h14-16H,2-13H2,1H3. The van der Waals surface area contributed by atoms with Gasteiger partial charge in [-0.3, -0.25) is 4.90 Å². The fourth-order valence-electron chi connectivity index (χ4n) is 3.13. The first kappa shape index (κ1) is 14.3. The molecule has 1 N–H and O–H groups in total. The minimum absolute atomic E-state index is 0.565. The molecule has 0 aromatic rings. The Morgan fingerprint density at radius 2 is 2.00 bits per heavy atom. The van der Waals surface area contributed by atoms with E-state index in [1.165, 1.54) is 58.0 Å². The zero-order chi connectivity index (χ0) is 12.6. The van der Waals surface area contributed by atoms with Crippen molar-refractivity contribution >= 4 is 0 Å². The van der Waals surface area contributed by atoms with Crippen LogP contribution in [0.5, 0.6) is 0 Å². The van der Waals surface area contributed by atoms with Crippen molar-refractivity contribution in [2.45, 2.75) is 64.0 Å². The lowest BCUT2D eigenvalue weighted by atomic mass is 9.98. The maximum atomic E-state index is 6.00. The van der Waals surface area contributed by atoms with Gasteiger partial charge in [-0.2, -0.15) is 0 Å². The zero-order valence-electron chi connectivity index (χ0n) is 12.0. The van der Waals surface area contributed by atoms with Crippen molar-refractivity contribution in [3.8, 4) is 0 Å². The molecule has 0 bridgehead atoms. The molecule has 0 spiro atoms. The Morgan fingerprint density at radius 3 is 2.78 bits per heavy atom. The Morgan fingerprint density at radius 1 is 1.17 bits per heavy atom. The predicted molar refractivity (Wildman–Crippen MR) is 76.0 cm³/mol. The zero-order valence-corrected chi connectivity index (χ0v) is 12.0. The van der Waals surface area contributed by atoms with Crippen LogP contribution in [0.4, 0.5) is 0 Å². The van der Waals surface area contributed by atoms with Crippen LogP contribution in [0.15, 0.2) is 0 Å². The molecule has 1 atom stereocenters. The lowest BCUT2D eigenvalue weighted by Gasteiger charge is -2.23. The second-order valence-corrected chi connectivity index (χ2v) is 5.87. The fraction of sp³-hybridized carbons (Fsp3) is 1.00. The first-order valence-corrected chi connectivity index (χ1v) is 7.96. The van der Waals surface area contributed by atoms with Gasteiger partial charge in [-0.05, 0) is 38.8 Å². The molecule has 1 aliphatic carbocycles. The number of ether oxygens (including phenoxy) is 1. The minimum Gasteiger partial charge on any atom is -0.377 e. The van der Waals surface area contributed by atoms with Gasteiger partial charge in [-0.15, -0.1) is 0 Å². The molecule has 106 valence electrons. The molecule has 3 nitrogen and oxygen atoms in total. The van der Waals surface area contributed by atoms with Gasteiger partial charge in [-0.25, -0.2) is 0 Å². The summed E-state index contributed by atoms with van der Waals surface area (Å²) < 4.78 is 6.00. The van der Waals surface area contributed by atoms with Gasteiger partial charge in [0.2, 0.25) is 0 Å². The predicted octanol–water partition coefficient (Wildman–Crippen LogP) is 2.41. The van der Waals surface area contributed by atoms with E-state index in [2.05, 4.69) is 17.1 Å². The molecule has 2 aliphatic rings. The summed E-state index contributed by atoms with van der Waals surface area (Å²) in [6.07, 6.45) is 9.85. The van der Waals surface area contributed by atoms with Crippen LogP contribution < -0.4 is 5.32 Å². The van der Waals surface area contributed by atoms with E-state index < -0.39 is 0 Å². The molecular weight excluding hydrogens is 224 g/mol. The van der Waals surface area contributed by atoms with Crippen LogP contribution in [0, 0.1) is 0 Å². The highest BCUT2D eigenvalue weighted by atomic mass is 16.5. The van der Waals surface area contributed by atoms with Gasteiger partial charge >= 0.3 is 0 Å². The fourth-order valence-corrected chi connectivity index (χ4v) is 3.13. The molecule has 0 aromatic carbocycles. The van der Waals surface area contributed by atoms with Crippen molar-refractivity contribution in [2.75, 3.05) is 32.8 Å². The Kier molecular flexibility index (Phi) is 6.46. The lowest BCUT2D eigenvalue weighted by Crippen LogP contribution is -2.34. The van der Waals surface area contributed by atoms with E-state index in [-0.39, 0.29) is 0 Å². The quantitative estimate of drug-likeness (QED) is 0.755. The smallest absolute Gasteiger partial charge is 0.0597 e. The van der Waals surface area contributed by atoms with E-state index in [1.807, 2.05) is 0 Å². The molecule has 1 unspecified atom stereocenters. The summed E-state index contributed by atoms with van der Waals surface area (Å²) in [5.41, 5.74) is 0. The van der Waals surface area contributed by atoms with Crippen molar-refractivity contribution in [3.05, 3.63) is 0 Å². The summed E-state index contributed by atoms with van der Waals surface area (Å²) >= 11 is 0. The molecule has 0 amide bonds. The summed E-state index contributed by atoms with van der Waals surface area (Å²) in [5, 5.41) is 3.62. The van der Waals surface area contributed by atoms with Gasteiger partial charge in [0.25, 0.3) is 0 Å². The highest BCUT2D eigenvalue weighted by molar-refractivity contribution is 4.80. The maximum absolute atomic E-state index is 6.00. The van der Waals surface area contributed by atoms with Gasteiger partial charge < -0.3 is 10.1 Å². The third-order valence-corrected chi connectivity index (χ3v) is 4.27. The van der Waals surface area contributed by atoms with Crippen molar-refractivity contribution in [3.63, 3.8) is 0 Å². The second-order valence-electron chi connectivity index (χ2n) is 5.87. The number of hydrogen-bond acceptors (Lipinski definition) is 3. The van der Waals surface area contributed by atoms with Crippen LogP contribution in [0.25, 0.3) is 0 Å². The molecule has 1 saturated heterocycles. The molecule has 18 heavy (non-hydrogen) atoms. The monoisotopic (exact) mass is 254 g/mol.